The number of alkyl halides is 2. The number of hydrogen-bond acceptors (Lipinski definition) is 5. The molecule has 0 aliphatic rings. The van der Waals surface area contributed by atoms with Gasteiger partial charge in [-0.3, -0.25) is 10.1 Å². The zero-order valence-electron chi connectivity index (χ0n) is 9.08. The van der Waals surface area contributed by atoms with E-state index in [1.54, 1.807) is 22.6 Å². The predicted molar refractivity (Wildman–Crippen MR) is 78.6 cm³/mol. The minimum Gasteiger partial charge on any atom is -0.385 e. The molecule has 0 aliphatic heterocycles. The third-order valence-corrected chi connectivity index (χ3v) is 8.61. The van der Waals surface area contributed by atoms with Gasteiger partial charge in [-0.15, -0.1) is 0 Å². The monoisotopic (exact) mass is 449 g/mol. The van der Waals surface area contributed by atoms with E-state index in [4.69, 9.17) is 0 Å². The SMILES string of the molecule is CS(=O)(=O)[C@@](Br)(I)[C@H](O)c1cccc([N+](=O)[O-])c1. The van der Waals surface area contributed by atoms with Crippen molar-refractivity contribution in [3.63, 3.8) is 0 Å². The lowest BCUT2D eigenvalue weighted by Gasteiger charge is -2.24. The summed E-state index contributed by atoms with van der Waals surface area (Å²) in [6, 6.07) is 5.22. The predicted octanol–water partition coefficient (Wildman–Crippen LogP) is 2.16. The Hall–Kier alpha value is -0.260. The van der Waals surface area contributed by atoms with Crippen molar-refractivity contribution in [1.82, 2.24) is 0 Å². The molecule has 0 radical (unpaired) electrons. The Balaban J connectivity index is 3.23. The molecule has 0 aromatic heterocycles. The molecule has 0 saturated heterocycles. The van der Waals surface area contributed by atoms with Gasteiger partial charge in [-0.2, -0.15) is 0 Å². The summed E-state index contributed by atoms with van der Waals surface area (Å²) >= 11 is 4.49. The summed E-state index contributed by atoms with van der Waals surface area (Å²) in [5.74, 6) is 0. The first-order valence-electron chi connectivity index (χ1n) is 4.57. The van der Waals surface area contributed by atoms with E-state index in [-0.39, 0.29) is 11.3 Å². The molecule has 0 bridgehead atoms. The van der Waals surface area contributed by atoms with E-state index < -0.39 is 22.5 Å². The molecule has 1 aromatic carbocycles. The Morgan fingerprint density at radius 3 is 2.56 bits per heavy atom. The molecular formula is C9H9BrINO5S. The normalized spacial score (nSPS) is 16.9. The maximum absolute atomic E-state index is 11.5. The van der Waals surface area contributed by atoms with Gasteiger partial charge in [0.15, 0.2) is 9.84 Å². The number of sulfone groups is 1. The number of non-ortho nitro benzene ring substituents is 1. The third kappa shape index (κ3) is 3.19. The molecule has 6 nitrogen and oxygen atoms in total. The molecule has 0 aliphatic carbocycles. The Morgan fingerprint density at radius 1 is 1.56 bits per heavy atom. The lowest BCUT2D eigenvalue weighted by molar-refractivity contribution is -0.385. The van der Waals surface area contributed by atoms with E-state index in [0.29, 0.717) is 0 Å². The van der Waals surface area contributed by atoms with E-state index in [1.165, 1.54) is 18.2 Å². The highest BCUT2D eigenvalue weighted by Crippen LogP contribution is 2.44. The lowest BCUT2D eigenvalue weighted by atomic mass is 10.1. The Bertz CT molecular complexity index is 574. The Labute approximate surface area is 126 Å². The number of aliphatic hydroxyl groups is 1. The first kappa shape index (κ1) is 15.8. The van der Waals surface area contributed by atoms with Crippen LogP contribution in [0.5, 0.6) is 0 Å². The van der Waals surface area contributed by atoms with Crippen LogP contribution < -0.4 is 0 Å². The van der Waals surface area contributed by atoms with Gasteiger partial charge in [0.25, 0.3) is 5.69 Å². The zero-order chi connectivity index (χ0) is 14.1. The van der Waals surface area contributed by atoms with E-state index in [1.807, 2.05) is 0 Å². The van der Waals surface area contributed by atoms with Gasteiger partial charge < -0.3 is 5.11 Å². The topological polar surface area (TPSA) is 97.5 Å². The van der Waals surface area contributed by atoms with Crippen molar-refractivity contribution in [2.45, 2.75) is 7.77 Å². The number of hydrogen-bond donors (Lipinski definition) is 1. The van der Waals surface area contributed by atoms with Gasteiger partial charge in [-0.1, -0.05) is 28.1 Å². The van der Waals surface area contributed by atoms with Crippen LogP contribution in [0.15, 0.2) is 24.3 Å². The highest BCUT2D eigenvalue weighted by molar-refractivity contribution is 14.1. The molecule has 0 fully saturated rings. The molecule has 0 unspecified atom stereocenters. The third-order valence-electron chi connectivity index (χ3n) is 2.21. The second-order valence-electron chi connectivity index (χ2n) is 3.59. The largest absolute Gasteiger partial charge is 0.385 e. The molecule has 100 valence electrons. The summed E-state index contributed by atoms with van der Waals surface area (Å²) in [5, 5.41) is 20.6. The first-order chi connectivity index (χ1) is 8.07. The summed E-state index contributed by atoms with van der Waals surface area (Å²) in [4.78, 5) is 10.0. The molecule has 2 atom stereocenters. The van der Waals surface area contributed by atoms with Crippen LogP contribution >= 0.6 is 38.5 Å². The molecule has 0 heterocycles. The lowest BCUT2D eigenvalue weighted by Crippen LogP contribution is -2.31. The number of aliphatic hydroxyl groups excluding tert-OH is 1. The molecule has 1 aromatic rings. The number of benzene rings is 1. The molecule has 0 amide bonds. The molecule has 18 heavy (non-hydrogen) atoms. The Morgan fingerprint density at radius 2 is 2.11 bits per heavy atom. The maximum atomic E-state index is 11.5. The molecule has 0 saturated carbocycles. The standard InChI is InChI=1S/C9H9BrINO5S/c1-18(16,17)9(10,11)8(13)6-3-2-4-7(5-6)12(14)15/h2-5,8,13H,1H3/t8-,9+/m1/s1. The fourth-order valence-corrected chi connectivity index (χ4v) is 2.37. The maximum Gasteiger partial charge on any atom is 0.269 e. The van der Waals surface area contributed by atoms with Gasteiger partial charge in [-0.05, 0) is 28.2 Å². The van der Waals surface area contributed by atoms with Crippen molar-refractivity contribution in [3.8, 4) is 0 Å². The molecule has 0 spiro atoms. The van der Waals surface area contributed by atoms with Crippen LogP contribution in [0.3, 0.4) is 0 Å². The van der Waals surface area contributed by atoms with Crippen LogP contribution in [-0.4, -0.2) is 26.4 Å². The summed E-state index contributed by atoms with van der Waals surface area (Å²) in [6.45, 7) is 0. The van der Waals surface area contributed by atoms with Gasteiger partial charge in [0, 0.05) is 18.4 Å². The van der Waals surface area contributed by atoms with Crippen LogP contribution in [0.2, 0.25) is 0 Å². The summed E-state index contributed by atoms with van der Waals surface area (Å²) in [5.41, 5.74) is -0.0550. The van der Waals surface area contributed by atoms with Crippen molar-refractivity contribution in [3.05, 3.63) is 39.9 Å². The van der Waals surface area contributed by atoms with Gasteiger partial charge in [0.1, 0.15) is 6.10 Å². The number of rotatable bonds is 4. The second-order valence-corrected chi connectivity index (χ2v) is 11.5. The average molecular weight is 450 g/mol. The summed E-state index contributed by atoms with van der Waals surface area (Å²) < 4.78 is 21.4. The van der Waals surface area contributed by atoms with Crippen LogP contribution in [0.1, 0.15) is 11.7 Å². The van der Waals surface area contributed by atoms with Gasteiger partial charge >= 0.3 is 0 Å². The first-order valence-corrected chi connectivity index (χ1v) is 8.33. The van der Waals surface area contributed by atoms with Gasteiger partial charge in [0.05, 0.1) is 4.92 Å². The quantitative estimate of drug-likeness (QED) is 0.328. The van der Waals surface area contributed by atoms with E-state index >= 15 is 0 Å². The van der Waals surface area contributed by atoms with Crippen LogP contribution in [-0.2, 0) is 9.84 Å². The average Bonchev–Trinajstić information content (AvgIpc) is 2.26. The fourth-order valence-electron chi connectivity index (χ4n) is 1.21. The second kappa shape index (κ2) is 5.39. The van der Waals surface area contributed by atoms with Crippen molar-refractivity contribution < 1.29 is 18.4 Å². The highest BCUT2D eigenvalue weighted by Gasteiger charge is 2.43. The molecule has 9 heteroatoms. The minimum atomic E-state index is -3.60. The van der Waals surface area contributed by atoms with Gasteiger partial charge in [0.2, 0.25) is 1.66 Å². The van der Waals surface area contributed by atoms with Crippen molar-refractivity contribution in [1.29, 1.82) is 0 Å². The minimum absolute atomic E-state index is 0.154. The molecule has 1 N–H and O–H groups in total. The van der Waals surface area contributed by atoms with Gasteiger partial charge in [-0.25, -0.2) is 8.42 Å². The van der Waals surface area contributed by atoms with Crippen molar-refractivity contribution >= 4 is 54.0 Å². The Kier molecular flexibility index (Phi) is 4.73. The van der Waals surface area contributed by atoms with Crippen LogP contribution in [0.25, 0.3) is 0 Å². The zero-order valence-corrected chi connectivity index (χ0v) is 13.6. The fraction of sp³-hybridized carbons (Fsp3) is 0.333. The number of nitro groups is 1. The van der Waals surface area contributed by atoms with Crippen LogP contribution in [0, 0.1) is 10.1 Å². The van der Waals surface area contributed by atoms with E-state index in [2.05, 4.69) is 15.9 Å². The number of halogens is 2. The number of nitro benzene ring substituents is 1. The smallest absolute Gasteiger partial charge is 0.269 e. The molecule has 1 rings (SSSR count). The molecular weight excluding hydrogens is 441 g/mol. The summed E-state index contributed by atoms with van der Waals surface area (Å²) in [7, 11) is -3.60. The van der Waals surface area contributed by atoms with E-state index in [9.17, 15) is 23.6 Å². The number of nitrogens with zero attached hydrogens (tertiary/aromatic N) is 1. The van der Waals surface area contributed by atoms with Crippen LogP contribution in [0.4, 0.5) is 5.69 Å². The van der Waals surface area contributed by atoms with Crippen molar-refractivity contribution in [2.75, 3.05) is 6.26 Å². The highest BCUT2D eigenvalue weighted by atomic mass is 127. The van der Waals surface area contributed by atoms with E-state index in [0.717, 1.165) is 12.3 Å². The summed E-state index contributed by atoms with van der Waals surface area (Å²) in [6.07, 6.45) is -0.456. The van der Waals surface area contributed by atoms with Crippen molar-refractivity contribution in [2.24, 2.45) is 0 Å².